The molecule has 1 aromatic carbocycles. The van der Waals surface area contributed by atoms with E-state index in [9.17, 15) is 9.59 Å². The molecule has 0 aromatic heterocycles. The first-order valence-electron chi connectivity index (χ1n) is 8.89. The molecule has 24 heavy (non-hydrogen) atoms. The van der Waals surface area contributed by atoms with E-state index in [-0.39, 0.29) is 18.3 Å². The van der Waals surface area contributed by atoms with Crippen LogP contribution in [0.2, 0.25) is 0 Å². The number of rotatable bonds is 8. The summed E-state index contributed by atoms with van der Waals surface area (Å²) < 4.78 is 5.44. The predicted octanol–water partition coefficient (Wildman–Crippen LogP) is 2.70. The Morgan fingerprint density at radius 1 is 1.12 bits per heavy atom. The Bertz CT molecular complexity index is 537. The Labute approximate surface area is 144 Å². The van der Waals surface area contributed by atoms with Crippen LogP contribution in [0.5, 0.6) is 5.75 Å². The fourth-order valence-corrected chi connectivity index (χ4v) is 2.97. The molecular formula is C19H28N2O3. The normalized spacial score (nSPS) is 15.5. The van der Waals surface area contributed by atoms with Crippen molar-refractivity contribution in [3.05, 3.63) is 29.8 Å². The first-order chi connectivity index (χ1) is 11.6. The predicted molar refractivity (Wildman–Crippen MR) is 94.4 cm³/mol. The van der Waals surface area contributed by atoms with Gasteiger partial charge < -0.3 is 15.4 Å². The smallest absolute Gasteiger partial charge is 0.257 e. The van der Waals surface area contributed by atoms with Gasteiger partial charge in [0.15, 0.2) is 12.4 Å². The van der Waals surface area contributed by atoms with Crippen LogP contribution in [0.1, 0.15) is 55.8 Å². The lowest BCUT2D eigenvalue weighted by Gasteiger charge is -2.16. The second-order valence-electron chi connectivity index (χ2n) is 6.37. The molecule has 1 amide bonds. The summed E-state index contributed by atoms with van der Waals surface area (Å²) in [5.41, 5.74) is 0.584. The quantitative estimate of drug-likeness (QED) is 0.436. The second-order valence-corrected chi connectivity index (χ2v) is 6.37. The van der Waals surface area contributed by atoms with Crippen LogP contribution < -0.4 is 15.4 Å². The van der Waals surface area contributed by atoms with Crippen LogP contribution in [-0.4, -0.2) is 37.4 Å². The third kappa shape index (κ3) is 6.71. The Kier molecular flexibility index (Phi) is 7.75. The van der Waals surface area contributed by atoms with Crippen molar-refractivity contribution in [1.82, 2.24) is 10.6 Å². The lowest BCUT2D eigenvalue weighted by molar-refractivity contribution is -0.123. The highest BCUT2D eigenvalue weighted by Crippen LogP contribution is 2.17. The van der Waals surface area contributed by atoms with Gasteiger partial charge in [0.1, 0.15) is 5.75 Å². The molecule has 1 fully saturated rings. The van der Waals surface area contributed by atoms with Crippen LogP contribution in [0.3, 0.4) is 0 Å². The Morgan fingerprint density at radius 2 is 1.88 bits per heavy atom. The van der Waals surface area contributed by atoms with E-state index in [0.29, 0.717) is 23.9 Å². The largest absolute Gasteiger partial charge is 0.484 e. The molecule has 1 saturated carbocycles. The summed E-state index contributed by atoms with van der Waals surface area (Å²) in [4.78, 5) is 23.1. The van der Waals surface area contributed by atoms with Crippen molar-refractivity contribution in [2.75, 3.05) is 19.7 Å². The van der Waals surface area contributed by atoms with Gasteiger partial charge in [-0.3, -0.25) is 9.59 Å². The molecule has 132 valence electrons. The average Bonchev–Trinajstić information content (AvgIpc) is 2.86. The zero-order valence-electron chi connectivity index (χ0n) is 14.5. The number of carbonyl (C=O) groups is 2. The van der Waals surface area contributed by atoms with E-state index in [1.54, 1.807) is 24.3 Å². The minimum atomic E-state index is -0.147. The van der Waals surface area contributed by atoms with E-state index in [2.05, 4.69) is 10.6 Å². The summed E-state index contributed by atoms with van der Waals surface area (Å²) in [6.07, 6.45) is 7.77. The molecule has 0 saturated heterocycles. The number of ketones is 1. The van der Waals surface area contributed by atoms with Crippen molar-refractivity contribution in [2.24, 2.45) is 0 Å². The average molecular weight is 332 g/mol. The van der Waals surface area contributed by atoms with Crippen LogP contribution in [0.25, 0.3) is 0 Å². The molecule has 5 nitrogen and oxygen atoms in total. The molecular weight excluding hydrogens is 304 g/mol. The van der Waals surface area contributed by atoms with Gasteiger partial charge in [-0.15, -0.1) is 0 Å². The van der Waals surface area contributed by atoms with Crippen molar-refractivity contribution in [1.29, 1.82) is 0 Å². The van der Waals surface area contributed by atoms with Crippen molar-refractivity contribution < 1.29 is 14.3 Å². The summed E-state index contributed by atoms with van der Waals surface area (Å²) in [6, 6.07) is 7.47. The number of amides is 1. The van der Waals surface area contributed by atoms with Gasteiger partial charge in [-0.1, -0.05) is 37.8 Å². The zero-order valence-corrected chi connectivity index (χ0v) is 14.5. The van der Waals surface area contributed by atoms with Crippen LogP contribution in [-0.2, 0) is 4.79 Å². The van der Waals surface area contributed by atoms with Crippen molar-refractivity contribution >= 4 is 11.7 Å². The molecule has 0 unspecified atom stereocenters. The van der Waals surface area contributed by atoms with E-state index >= 15 is 0 Å². The summed E-state index contributed by atoms with van der Waals surface area (Å²) in [6.45, 7) is 2.86. The van der Waals surface area contributed by atoms with Gasteiger partial charge in [0.05, 0.1) is 0 Å². The van der Waals surface area contributed by atoms with Gasteiger partial charge in [-0.05, 0) is 31.9 Å². The minimum absolute atomic E-state index is 0.0190. The van der Waals surface area contributed by atoms with Gasteiger partial charge in [0, 0.05) is 24.7 Å². The maximum absolute atomic E-state index is 11.8. The lowest BCUT2D eigenvalue weighted by atomic mass is 10.1. The van der Waals surface area contributed by atoms with Gasteiger partial charge in [-0.2, -0.15) is 0 Å². The third-order valence-electron chi connectivity index (χ3n) is 4.35. The summed E-state index contributed by atoms with van der Waals surface area (Å²) >= 11 is 0. The van der Waals surface area contributed by atoms with Gasteiger partial charge in [0.25, 0.3) is 5.91 Å². The molecule has 1 aliphatic carbocycles. The fourth-order valence-electron chi connectivity index (χ4n) is 2.97. The Hall–Kier alpha value is -1.88. The molecule has 5 heteroatoms. The summed E-state index contributed by atoms with van der Waals surface area (Å²) in [5, 5.41) is 6.37. The molecule has 0 spiro atoms. The molecule has 0 aliphatic heterocycles. The number of ether oxygens (including phenoxy) is 1. The number of nitrogens with one attached hydrogen (secondary N) is 2. The summed E-state index contributed by atoms with van der Waals surface area (Å²) in [5.74, 6) is 0.370. The standard InChI is InChI=1S/C19H28N2O3/c1-15(22)16-7-6-10-18(13-16)24-14-19(23)21-12-11-20-17-8-4-2-3-5-9-17/h6-7,10,13,17,20H,2-5,8-9,11-12,14H2,1H3,(H,21,23). The molecule has 0 bridgehead atoms. The molecule has 0 heterocycles. The minimum Gasteiger partial charge on any atom is -0.484 e. The van der Waals surface area contributed by atoms with Crippen LogP contribution in [0.4, 0.5) is 0 Å². The monoisotopic (exact) mass is 332 g/mol. The van der Waals surface area contributed by atoms with E-state index in [1.807, 2.05) is 0 Å². The third-order valence-corrected chi connectivity index (χ3v) is 4.35. The maximum Gasteiger partial charge on any atom is 0.257 e. The molecule has 2 rings (SSSR count). The van der Waals surface area contributed by atoms with E-state index in [4.69, 9.17) is 4.74 Å². The Balaban J connectivity index is 1.61. The first-order valence-corrected chi connectivity index (χ1v) is 8.89. The number of carbonyl (C=O) groups excluding carboxylic acids is 2. The van der Waals surface area contributed by atoms with Crippen molar-refractivity contribution in [3.63, 3.8) is 0 Å². The molecule has 0 radical (unpaired) electrons. The molecule has 2 N–H and O–H groups in total. The zero-order chi connectivity index (χ0) is 17.2. The number of benzene rings is 1. The second kappa shape index (κ2) is 10.1. The highest BCUT2D eigenvalue weighted by atomic mass is 16.5. The lowest BCUT2D eigenvalue weighted by Crippen LogP contribution is -2.38. The van der Waals surface area contributed by atoms with E-state index in [0.717, 1.165) is 6.54 Å². The summed E-state index contributed by atoms with van der Waals surface area (Å²) in [7, 11) is 0. The van der Waals surface area contributed by atoms with Gasteiger partial charge >= 0.3 is 0 Å². The fraction of sp³-hybridized carbons (Fsp3) is 0.579. The maximum atomic E-state index is 11.8. The number of hydrogen-bond acceptors (Lipinski definition) is 4. The van der Waals surface area contributed by atoms with Crippen LogP contribution in [0, 0.1) is 0 Å². The molecule has 0 atom stereocenters. The van der Waals surface area contributed by atoms with Crippen molar-refractivity contribution in [2.45, 2.75) is 51.5 Å². The van der Waals surface area contributed by atoms with E-state index in [1.165, 1.54) is 45.4 Å². The van der Waals surface area contributed by atoms with Crippen molar-refractivity contribution in [3.8, 4) is 5.75 Å². The van der Waals surface area contributed by atoms with Gasteiger partial charge in [0.2, 0.25) is 0 Å². The SMILES string of the molecule is CC(=O)c1cccc(OCC(=O)NCCNC2CCCCCC2)c1. The highest BCUT2D eigenvalue weighted by molar-refractivity contribution is 5.94. The molecule has 1 aromatic rings. The first kappa shape index (κ1) is 18.5. The highest BCUT2D eigenvalue weighted by Gasteiger charge is 2.11. The van der Waals surface area contributed by atoms with Crippen LogP contribution >= 0.6 is 0 Å². The Morgan fingerprint density at radius 3 is 2.58 bits per heavy atom. The van der Waals surface area contributed by atoms with Crippen LogP contribution in [0.15, 0.2) is 24.3 Å². The van der Waals surface area contributed by atoms with E-state index < -0.39 is 0 Å². The van der Waals surface area contributed by atoms with Gasteiger partial charge in [-0.25, -0.2) is 0 Å². The number of hydrogen-bond donors (Lipinski definition) is 2. The number of Topliss-reactive ketones (excluding diaryl/α,β-unsaturated/α-hetero) is 1. The molecule has 1 aliphatic rings. The topological polar surface area (TPSA) is 67.4 Å².